The summed E-state index contributed by atoms with van der Waals surface area (Å²) in [5.41, 5.74) is 8.72. The van der Waals surface area contributed by atoms with Crippen molar-refractivity contribution in [3.63, 3.8) is 0 Å². The Balaban J connectivity index is 1.88. The van der Waals surface area contributed by atoms with Crippen molar-refractivity contribution in [2.75, 3.05) is 5.73 Å². The lowest BCUT2D eigenvalue weighted by atomic mass is 10.2. The van der Waals surface area contributed by atoms with E-state index in [2.05, 4.69) is 11.1 Å². The first-order valence-electron chi connectivity index (χ1n) is 5.94. The maximum Gasteiger partial charge on any atom is 0.219 e. The average Bonchev–Trinajstić information content (AvgIpc) is 2.80. The van der Waals surface area contributed by atoms with Gasteiger partial charge in [-0.2, -0.15) is 0 Å². The number of fused-ring (bicyclic) bond motifs is 1. The van der Waals surface area contributed by atoms with Crippen LogP contribution < -0.4 is 10.5 Å². The number of nitrogen functional groups attached to an aromatic ring is 1. The minimum absolute atomic E-state index is 0.497. The summed E-state index contributed by atoms with van der Waals surface area (Å²) in [6.07, 6.45) is 3.32. The number of nitrogens with zero attached hydrogens (tertiary/aromatic N) is 1. The molecule has 0 fully saturated rings. The first-order chi connectivity index (χ1) is 8.72. The molecule has 3 rings (SSSR count). The monoisotopic (exact) mass is 260 g/mol. The standard InChI is InChI=1S/C14H13ClN2O/c15-11-8-10(16)5-6-13(11)18-14-7-4-9-2-1-3-12(9)17-14/h4-8H,1-3,16H2. The Morgan fingerprint density at radius 1 is 1.17 bits per heavy atom. The van der Waals surface area contributed by atoms with E-state index in [9.17, 15) is 0 Å². The summed E-state index contributed by atoms with van der Waals surface area (Å²) >= 11 is 6.06. The van der Waals surface area contributed by atoms with Gasteiger partial charge in [0.2, 0.25) is 5.88 Å². The highest BCUT2D eigenvalue weighted by Crippen LogP contribution is 2.31. The maximum absolute atomic E-state index is 6.06. The molecule has 0 aliphatic heterocycles. The van der Waals surface area contributed by atoms with Crippen LogP contribution in [0.1, 0.15) is 17.7 Å². The molecule has 0 saturated heterocycles. The highest BCUT2D eigenvalue weighted by molar-refractivity contribution is 6.32. The maximum atomic E-state index is 6.06. The topological polar surface area (TPSA) is 48.1 Å². The van der Waals surface area contributed by atoms with Crippen LogP contribution in [-0.4, -0.2) is 4.98 Å². The smallest absolute Gasteiger partial charge is 0.219 e. The molecule has 92 valence electrons. The van der Waals surface area contributed by atoms with E-state index in [0.717, 1.165) is 18.5 Å². The fourth-order valence-electron chi connectivity index (χ4n) is 2.17. The molecule has 3 nitrogen and oxygen atoms in total. The number of ether oxygens (including phenoxy) is 1. The van der Waals surface area contributed by atoms with E-state index in [1.807, 2.05) is 6.07 Å². The van der Waals surface area contributed by atoms with Gasteiger partial charge in [0.05, 0.1) is 5.02 Å². The van der Waals surface area contributed by atoms with Crippen LogP contribution in [0.15, 0.2) is 30.3 Å². The third kappa shape index (κ3) is 2.14. The van der Waals surface area contributed by atoms with Gasteiger partial charge >= 0.3 is 0 Å². The number of halogens is 1. The van der Waals surface area contributed by atoms with Gasteiger partial charge in [-0.1, -0.05) is 17.7 Å². The fourth-order valence-corrected chi connectivity index (χ4v) is 2.40. The van der Waals surface area contributed by atoms with Gasteiger partial charge in [0, 0.05) is 17.4 Å². The van der Waals surface area contributed by atoms with Gasteiger partial charge in [-0.15, -0.1) is 0 Å². The van der Waals surface area contributed by atoms with Crippen LogP contribution in [0.5, 0.6) is 11.6 Å². The lowest BCUT2D eigenvalue weighted by molar-refractivity contribution is 0.461. The summed E-state index contributed by atoms with van der Waals surface area (Å²) in [5, 5.41) is 0.497. The Bertz CT molecular complexity index is 598. The van der Waals surface area contributed by atoms with E-state index < -0.39 is 0 Å². The zero-order valence-corrected chi connectivity index (χ0v) is 10.6. The summed E-state index contributed by atoms with van der Waals surface area (Å²) < 4.78 is 5.69. The second-order valence-corrected chi connectivity index (χ2v) is 4.81. The number of rotatable bonds is 2. The van der Waals surface area contributed by atoms with Crippen molar-refractivity contribution in [1.82, 2.24) is 4.98 Å². The van der Waals surface area contributed by atoms with Gasteiger partial charge < -0.3 is 10.5 Å². The van der Waals surface area contributed by atoms with Crippen molar-refractivity contribution in [1.29, 1.82) is 0 Å². The highest BCUT2D eigenvalue weighted by Gasteiger charge is 2.13. The summed E-state index contributed by atoms with van der Waals surface area (Å²) in [5.74, 6) is 1.17. The molecule has 2 N–H and O–H groups in total. The van der Waals surface area contributed by atoms with Crippen LogP contribution in [0.4, 0.5) is 5.69 Å². The minimum atomic E-state index is 0.497. The van der Waals surface area contributed by atoms with Crippen molar-refractivity contribution in [2.24, 2.45) is 0 Å². The summed E-state index contributed by atoms with van der Waals surface area (Å²) in [6.45, 7) is 0. The van der Waals surface area contributed by atoms with E-state index >= 15 is 0 Å². The second kappa shape index (κ2) is 4.50. The van der Waals surface area contributed by atoms with E-state index in [1.54, 1.807) is 18.2 Å². The molecule has 0 spiro atoms. The van der Waals surface area contributed by atoms with Crippen LogP contribution >= 0.6 is 11.6 Å². The predicted molar refractivity (Wildman–Crippen MR) is 72.2 cm³/mol. The van der Waals surface area contributed by atoms with Crippen molar-refractivity contribution in [3.05, 3.63) is 46.6 Å². The van der Waals surface area contributed by atoms with Crippen molar-refractivity contribution in [2.45, 2.75) is 19.3 Å². The third-order valence-electron chi connectivity index (χ3n) is 3.07. The minimum Gasteiger partial charge on any atom is -0.437 e. The molecule has 18 heavy (non-hydrogen) atoms. The molecule has 0 amide bonds. The van der Waals surface area contributed by atoms with Crippen LogP contribution in [-0.2, 0) is 12.8 Å². The Morgan fingerprint density at radius 2 is 2.06 bits per heavy atom. The summed E-state index contributed by atoms with van der Waals surface area (Å²) in [4.78, 5) is 4.50. The fraction of sp³-hybridized carbons (Fsp3) is 0.214. The number of pyridine rings is 1. The van der Waals surface area contributed by atoms with Crippen LogP contribution in [0.25, 0.3) is 0 Å². The van der Waals surface area contributed by atoms with E-state index in [-0.39, 0.29) is 0 Å². The van der Waals surface area contributed by atoms with Gasteiger partial charge in [-0.3, -0.25) is 0 Å². The summed E-state index contributed by atoms with van der Waals surface area (Å²) in [6, 6.07) is 9.15. The molecule has 0 unspecified atom stereocenters. The molecular formula is C14H13ClN2O. The number of aromatic nitrogens is 1. The Morgan fingerprint density at radius 3 is 2.89 bits per heavy atom. The van der Waals surface area contributed by atoms with Crippen molar-refractivity contribution >= 4 is 17.3 Å². The zero-order chi connectivity index (χ0) is 12.5. The molecule has 1 aromatic carbocycles. The molecule has 1 aliphatic carbocycles. The van der Waals surface area contributed by atoms with Gasteiger partial charge in [0.15, 0.2) is 0 Å². The number of anilines is 1. The molecule has 1 aromatic heterocycles. The largest absolute Gasteiger partial charge is 0.437 e. The van der Waals surface area contributed by atoms with Gasteiger partial charge in [0.25, 0.3) is 0 Å². The quantitative estimate of drug-likeness (QED) is 0.840. The average molecular weight is 261 g/mol. The van der Waals surface area contributed by atoms with Gasteiger partial charge in [-0.25, -0.2) is 4.98 Å². The molecule has 2 aromatic rings. The second-order valence-electron chi connectivity index (χ2n) is 4.40. The van der Waals surface area contributed by atoms with Crippen LogP contribution in [0, 0.1) is 0 Å². The lowest BCUT2D eigenvalue weighted by Crippen LogP contribution is -1.94. The molecule has 0 saturated carbocycles. The predicted octanol–water partition coefficient (Wildman–Crippen LogP) is 3.60. The SMILES string of the molecule is Nc1ccc(Oc2ccc3c(n2)CCC3)c(Cl)c1. The van der Waals surface area contributed by atoms with E-state index in [0.29, 0.717) is 22.3 Å². The van der Waals surface area contributed by atoms with Crippen LogP contribution in [0.2, 0.25) is 5.02 Å². The zero-order valence-electron chi connectivity index (χ0n) is 9.82. The lowest BCUT2D eigenvalue weighted by Gasteiger charge is -2.08. The highest BCUT2D eigenvalue weighted by atomic mass is 35.5. The molecule has 0 bridgehead atoms. The Hall–Kier alpha value is -1.74. The first kappa shape index (κ1) is 11.4. The molecule has 1 aliphatic rings. The van der Waals surface area contributed by atoms with Crippen molar-refractivity contribution in [3.8, 4) is 11.6 Å². The number of nitrogens with two attached hydrogens (primary N) is 1. The molecule has 0 atom stereocenters. The van der Waals surface area contributed by atoms with Gasteiger partial charge in [0.1, 0.15) is 5.75 Å². The molecular weight excluding hydrogens is 248 g/mol. The Labute approximate surface area is 111 Å². The number of hydrogen-bond donors (Lipinski definition) is 1. The van der Waals surface area contributed by atoms with Crippen molar-refractivity contribution < 1.29 is 4.74 Å². The number of benzene rings is 1. The van der Waals surface area contributed by atoms with E-state index in [4.69, 9.17) is 22.1 Å². The molecule has 0 radical (unpaired) electrons. The third-order valence-corrected chi connectivity index (χ3v) is 3.37. The van der Waals surface area contributed by atoms with Crippen LogP contribution in [0.3, 0.4) is 0 Å². The van der Waals surface area contributed by atoms with E-state index in [1.165, 1.54) is 12.0 Å². The first-order valence-corrected chi connectivity index (χ1v) is 6.32. The summed E-state index contributed by atoms with van der Waals surface area (Å²) in [7, 11) is 0. The normalized spacial score (nSPS) is 13.4. The molecule has 4 heteroatoms. The molecule has 1 heterocycles. The Kier molecular flexibility index (Phi) is 2.84. The number of aryl methyl sites for hydroxylation is 2. The number of hydrogen-bond acceptors (Lipinski definition) is 3. The van der Waals surface area contributed by atoms with Gasteiger partial charge in [-0.05, 0) is 43.0 Å².